The number of amides is 1. The molecule has 126 valence electrons. The third kappa shape index (κ3) is 5.10. The van der Waals surface area contributed by atoms with Gasteiger partial charge in [0.15, 0.2) is 0 Å². The number of ether oxygens (including phenoxy) is 1. The van der Waals surface area contributed by atoms with Crippen molar-refractivity contribution in [3.63, 3.8) is 0 Å². The van der Waals surface area contributed by atoms with Gasteiger partial charge in [-0.2, -0.15) is 0 Å². The van der Waals surface area contributed by atoms with Crippen LogP contribution in [0.2, 0.25) is 0 Å². The Hall–Kier alpha value is -1.81. The zero-order valence-electron chi connectivity index (χ0n) is 13.7. The Morgan fingerprint density at radius 1 is 1.39 bits per heavy atom. The van der Waals surface area contributed by atoms with Crippen molar-refractivity contribution in [3.8, 4) is 5.75 Å². The molecule has 2 rings (SSSR count). The number of nitrogens with zero attached hydrogens (tertiary/aromatic N) is 1. The van der Waals surface area contributed by atoms with Crippen molar-refractivity contribution in [1.29, 1.82) is 0 Å². The average molecular weight is 317 g/mol. The smallest absolute Gasteiger partial charge is 0.222 e. The zero-order valence-corrected chi connectivity index (χ0v) is 13.7. The molecule has 1 aromatic rings. The van der Waals surface area contributed by atoms with Gasteiger partial charge < -0.3 is 14.7 Å². The summed E-state index contributed by atoms with van der Waals surface area (Å²) in [4.78, 5) is 14.3. The first-order chi connectivity index (χ1) is 11.2. The van der Waals surface area contributed by atoms with Gasteiger partial charge in [0.25, 0.3) is 0 Å². The topological polar surface area (TPSA) is 49.8 Å². The highest BCUT2D eigenvalue weighted by Gasteiger charge is 2.35. The summed E-state index contributed by atoms with van der Waals surface area (Å²) >= 11 is 0. The molecule has 0 spiro atoms. The minimum atomic E-state index is -0.198. The molecule has 1 heterocycles. The maximum atomic E-state index is 12.4. The first-order valence-corrected chi connectivity index (χ1v) is 8.36. The maximum Gasteiger partial charge on any atom is 0.222 e. The molecule has 1 saturated heterocycles. The Morgan fingerprint density at radius 2 is 2.17 bits per heavy atom. The van der Waals surface area contributed by atoms with Gasteiger partial charge in [0.2, 0.25) is 5.91 Å². The number of carbonyl (C=O) groups is 1. The SMILES string of the molecule is C=CC[C@]1(CO)CCCN(C(=O)CCCOc2ccccc2)C1. The van der Waals surface area contributed by atoms with Gasteiger partial charge in [0, 0.05) is 24.9 Å². The Balaban J connectivity index is 1.75. The van der Waals surface area contributed by atoms with E-state index < -0.39 is 0 Å². The number of benzene rings is 1. The van der Waals surface area contributed by atoms with Crippen molar-refractivity contribution >= 4 is 5.91 Å². The molecule has 0 saturated carbocycles. The summed E-state index contributed by atoms with van der Waals surface area (Å²) in [5.41, 5.74) is -0.198. The molecule has 0 unspecified atom stereocenters. The van der Waals surface area contributed by atoms with Crippen LogP contribution >= 0.6 is 0 Å². The van der Waals surface area contributed by atoms with E-state index in [1.807, 2.05) is 41.3 Å². The summed E-state index contributed by atoms with van der Waals surface area (Å²) in [5.74, 6) is 0.992. The molecule has 1 aromatic carbocycles. The molecule has 0 radical (unpaired) electrons. The number of hydrogen-bond donors (Lipinski definition) is 1. The van der Waals surface area contributed by atoms with Crippen molar-refractivity contribution in [3.05, 3.63) is 43.0 Å². The average Bonchev–Trinajstić information content (AvgIpc) is 2.60. The second kappa shape index (κ2) is 8.73. The highest BCUT2D eigenvalue weighted by Crippen LogP contribution is 2.33. The Labute approximate surface area is 138 Å². The molecule has 23 heavy (non-hydrogen) atoms. The fourth-order valence-corrected chi connectivity index (χ4v) is 3.18. The molecule has 4 nitrogen and oxygen atoms in total. The van der Waals surface area contributed by atoms with Gasteiger partial charge in [0.1, 0.15) is 5.75 Å². The number of aliphatic hydroxyl groups is 1. The van der Waals surface area contributed by atoms with Crippen molar-refractivity contribution in [2.24, 2.45) is 5.41 Å². The number of carbonyl (C=O) groups excluding carboxylic acids is 1. The predicted molar refractivity (Wildman–Crippen MR) is 91.3 cm³/mol. The van der Waals surface area contributed by atoms with E-state index in [0.717, 1.165) is 31.6 Å². The molecule has 1 aliphatic heterocycles. The second-order valence-corrected chi connectivity index (χ2v) is 6.33. The lowest BCUT2D eigenvalue weighted by molar-refractivity contribution is -0.135. The van der Waals surface area contributed by atoms with Crippen molar-refractivity contribution in [2.75, 3.05) is 26.3 Å². The van der Waals surface area contributed by atoms with Crippen LogP contribution in [0.15, 0.2) is 43.0 Å². The monoisotopic (exact) mass is 317 g/mol. The number of allylic oxidation sites excluding steroid dienone is 1. The van der Waals surface area contributed by atoms with Crippen LogP contribution in [0.4, 0.5) is 0 Å². The Kier molecular flexibility index (Phi) is 6.66. The molecule has 1 fully saturated rings. The van der Waals surface area contributed by atoms with Crippen LogP contribution < -0.4 is 4.74 Å². The summed E-state index contributed by atoms with van der Waals surface area (Å²) in [7, 11) is 0. The minimum absolute atomic E-state index is 0.111. The number of rotatable bonds is 8. The quantitative estimate of drug-likeness (QED) is 0.592. The molecule has 1 amide bonds. The summed E-state index contributed by atoms with van der Waals surface area (Å²) < 4.78 is 5.62. The highest BCUT2D eigenvalue weighted by molar-refractivity contribution is 5.76. The standard InChI is InChI=1S/C19H27NO3/c1-2-11-19(16-21)12-7-13-20(15-19)18(22)10-6-14-23-17-8-4-3-5-9-17/h2-5,8-9,21H,1,6-7,10-16H2/t19-/m0/s1. The first kappa shape index (κ1) is 17.5. The van der Waals surface area contributed by atoms with E-state index >= 15 is 0 Å². The number of likely N-dealkylation sites (tertiary alicyclic amines) is 1. The van der Waals surface area contributed by atoms with Crippen LogP contribution in [0.25, 0.3) is 0 Å². The lowest BCUT2D eigenvalue weighted by Gasteiger charge is -2.41. The van der Waals surface area contributed by atoms with Crippen molar-refractivity contribution in [1.82, 2.24) is 4.90 Å². The van der Waals surface area contributed by atoms with Crippen LogP contribution in [0.5, 0.6) is 5.75 Å². The molecule has 0 bridgehead atoms. The third-order valence-electron chi connectivity index (χ3n) is 4.47. The lowest BCUT2D eigenvalue weighted by Crippen LogP contribution is -2.47. The number of aliphatic hydroxyl groups excluding tert-OH is 1. The third-order valence-corrected chi connectivity index (χ3v) is 4.47. The number of hydrogen-bond acceptors (Lipinski definition) is 3. The lowest BCUT2D eigenvalue weighted by atomic mass is 9.77. The summed E-state index contributed by atoms with van der Waals surface area (Å²) in [6, 6.07) is 9.64. The van der Waals surface area contributed by atoms with Crippen LogP contribution in [-0.4, -0.2) is 42.2 Å². The molecule has 0 aliphatic carbocycles. The number of para-hydroxylation sites is 1. The minimum Gasteiger partial charge on any atom is -0.494 e. The van der Waals surface area contributed by atoms with Gasteiger partial charge in [-0.15, -0.1) is 6.58 Å². The van der Waals surface area contributed by atoms with Gasteiger partial charge in [0.05, 0.1) is 13.2 Å². The van der Waals surface area contributed by atoms with E-state index in [4.69, 9.17) is 4.74 Å². The predicted octanol–water partition coefficient (Wildman–Crippen LogP) is 3.02. The van der Waals surface area contributed by atoms with Crippen molar-refractivity contribution in [2.45, 2.75) is 32.1 Å². The van der Waals surface area contributed by atoms with Gasteiger partial charge in [-0.1, -0.05) is 24.3 Å². The van der Waals surface area contributed by atoms with E-state index in [0.29, 0.717) is 26.0 Å². The molecular weight excluding hydrogens is 290 g/mol. The summed E-state index contributed by atoms with van der Waals surface area (Å²) in [6.45, 7) is 5.85. The summed E-state index contributed by atoms with van der Waals surface area (Å²) in [6.07, 6.45) is 5.69. The molecule has 1 atom stereocenters. The maximum absolute atomic E-state index is 12.4. The van der Waals surface area contributed by atoms with Crippen molar-refractivity contribution < 1.29 is 14.6 Å². The van der Waals surface area contributed by atoms with E-state index in [9.17, 15) is 9.90 Å². The fraction of sp³-hybridized carbons (Fsp3) is 0.526. The van der Waals surface area contributed by atoms with E-state index in [-0.39, 0.29) is 17.9 Å². The van der Waals surface area contributed by atoms with E-state index in [1.54, 1.807) is 0 Å². The van der Waals surface area contributed by atoms with E-state index in [2.05, 4.69) is 6.58 Å². The zero-order chi connectivity index (χ0) is 16.5. The largest absolute Gasteiger partial charge is 0.494 e. The normalized spacial score (nSPS) is 21.0. The fourth-order valence-electron chi connectivity index (χ4n) is 3.18. The van der Waals surface area contributed by atoms with Crippen LogP contribution in [0.3, 0.4) is 0 Å². The molecular formula is C19H27NO3. The first-order valence-electron chi connectivity index (χ1n) is 8.36. The Bertz CT molecular complexity index is 503. The summed E-state index contributed by atoms with van der Waals surface area (Å²) in [5, 5.41) is 9.71. The van der Waals surface area contributed by atoms with Crippen LogP contribution in [-0.2, 0) is 4.79 Å². The van der Waals surface area contributed by atoms with Gasteiger partial charge in [-0.3, -0.25) is 4.79 Å². The van der Waals surface area contributed by atoms with Crippen LogP contribution in [0.1, 0.15) is 32.1 Å². The van der Waals surface area contributed by atoms with Crippen LogP contribution in [0, 0.1) is 5.41 Å². The molecule has 1 aliphatic rings. The van der Waals surface area contributed by atoms with Gasteiger partial charge in [-0.05, 0) is 37.8 Å². The highest BCUT2D eigenvalue weighted by atomic mass is 16.5. The van der Waals surface area contributed by atoms with E-state index in [1.165, 1.54) is 0 Å². The van der Waals surface area contributed by atoms with Gasteiger partial charge in [-0.25, -0.2) is 0 Å². The molecule has 4 heteroatoms. The molecule has 0 aromatic heterocycles. The number of piperidine rings is 1. The molecule has 1 N–H and O–H groups in total. The van der Waals surface area contributed by atoms with Gasteiger partial charge >= 0.3 is 0 Å². The Morgan fingerprint density at radius 3 is 2.87 bits per heavy atom. The second-order valence-electron chi connectivity index (χ2n) is 6.33.